The zero-order valence-electron chi connectivity index (χ0n) is 70.2. The number of allylic oxidation sites excluding steroid dienone is 4. The fraction of sp³-hybridized carbons (Fsp3) is 0.468. The third kappa shape index (κ3) is 32.3. The summed E-state index contributed by atoms with van der Waals surface area (Å²) in [6, 6.07) is 42.7. The molecule has 0 radical (unpaired) electrons. The van der Waals surface area contributed by atoms with Crippen LogP contribution in [-0.4, -0.2) is 31.4 Å². The molecule has 8 rings (SSSR count). The second kappa shape index (κ2) is 44.8. The molecule has 568 valence electrons. The summed E-state index contributed by atoms with van der Waals surface area (Å²) in [6.45, 7) is 70.5. The molecule has 0 saturated carbocycles. The molecule has 0 bridgehead atoms. The molecule has 0 fully saturated rings. The fourth-order valence-corrected chi connectivity index (χ4v) is 11.4. The second-order valence-corrected chi connectivity index (χ2v) is 33.6. The van der Waals surface area contributed by atoms with Gasteiger partial charge >= 0.3 is 0 Å². The van der Waals surface area contributed by atoms with Crippen molar-refractivity contribution in [3.05, 3.63) is 272 Å². The third-order valence-electron chi connectivity index (χ3n) is 17.5. The van der Waals surface area contributed by atoms with Gasteiger partial charge in [-0.25, -0.2) is 0 Å². The van der Waals surface area contributed by atoms with E-state index in [1.54, 1.807) is 0 Å². The number of aromatic nitrogens is 4. The van der Waals surface area contributed by atoms with E-state index in [1.807, 2.05) is 49.6 Å². The van der Waals surface area contributed by atoms with Crippen LogP contribution in [0, 0.1) is 0 Å². The van der Waals surface area contributed by atoms with Crippen LogP contribution in [0.15, 0.2) is 204 Å². The zero-order valence-corrected chi connectivity index (χ0v) is 72.4. The first-order valence-corrected chi connectivity index (χ1v) is 37.5. The van der Waals surface area contributed by atoms with Gasteiger partial charge in [0.2, 0.25) is 0 Å². The SMILES string of the molecule is CC(/C=C(/C)[N-]c1c(C(C)C)cccc1C(C)C)=Nc1c(C(C)C)cccc1C(C)C.CC(/C=C(/C)[N-]c1c(C(C)C)cccc1C(C)C)=Nc1c(C(C)C)cccc1C(C)C.CC(C)(C)c1ccncc1.CC(C)(C)c1ccncc1.CC(C)(C)c1ccncc1.CC(C)(C)c1ccncc1.[Fe].[Fe]. The maximum Gasteiger partial charge on any atom is 0.0701 e. The Labute approximate surface area is 656 Å². The van der Waals surface area contributed by atoms with Gasteiger partial charge in [0.15, 0.2) is 0 Å². The van der Waals surface area contributed by atoms with E-state index < -0.39 is 0 Å². The van der Waals surface area contributed by atoms with Crippen molar-refractivity contribution in [2.45, 2.75) is 291 Å². The van der Waals surface area contributed by atoms with Crippen molar-refractivity contribution in [1.82, 2.24) is 19.9 Å². The average Bonchev–Trinajstić information content (AvgIpc) is 0.827. The molecular formula is C94H134Fe2N8-2. The van der Waals surface area contributed by atoms with E-state index in [0.717, 1.165) is 45.6 Å². The van der Waals surface area contributed by atoms with Crippen molar-refractivity contribution in [1.29, 1.82) is 0 Å². The van der Waals surface area contributed by atoms with E-state index >= 15 is 0 Å². The Hall–Kier alpha value is -7.06. The summed E-state index contributed by atoms with van der Waals surface area (Å²) in [4.78, 5) is 26.0. The molecule has 4 aromatic heterocycles. The van der Waals surface area contributed by atoms with Crippen LogP contribution in [-0.2, 0) is 55.8 Å². The molecule has 0 aliphatic heterocycles. The molecule has 4 aromatic carbocycles. The summed E-state index contributed by atoms with van der Waals surface area (Å²) in [5, 5.41) is 10.2. The van der Waals surface area contributed by atoms with Crippen LogP contribution in [0.25, 0.3) is 10.6 Å². The van der Waals surface area contributed by atoms with Gasteiger partial charge in [0.25, 0.3) is 0 Å². The first-order chi connectivity index (χ1) is 47.5. The Morgan fingerprint density at radius 3 is 0.587 bits per heavy atom. The van der Waals surface area contributed by atoms with E-state index in [0.29, 0.717) is 47.3 Å². The maximum absolute atomic E-state index is 5.08. The summed E-state index contributed by atoms with van der Waals surface area (Å²) in [7, 11) is 0. The van der Waals surface area contributed by atoms with E-state index in [9.17, 15) is 0 Å². The fourth-order valence-electron chi connectivity index (χ4n) is 11.4. The van der Waals surface area contributed by atoms with Crippen LogP contribution in [0.3, 0.4) is 0 Å². The summed E-state index contributed by atoms with van der Waals surface area (Å²) < 4.78 is 0. The van der Waals surface area contributed by atoms with Gasteiger partial charge in [0.05, 0.1) is 11.4 Å². The van der Waals surface area contributed by atoms with Gasteiger partial charge in [-0.3, -0.25) is 29.9 Å². The number of pyridine rings is 4. The first kappa shape index (κ1) is 94.9. The molecule has 8 nitrogen and oxygen atoms in total. The monoisotopic (exact) mass is 1490 g/mol. The number of aliphatic imine (C=N–C) groups is 2. The molecule has 4 heterocycles. The van der Waals surface area contributed by atoms with Crippen LogP contribution in [0.2, 0.25) is 0 Å². The van der Waals surface area contributed by atoms with Crippen LogP contribution < -0.4 is 0 Å². The Morgan fingerprint density at radius 2 is 0.442 bits per heavy atom. The summed E-state index contributed by atoms with van der Waals surface area (Å²) >= 11 is 0. The van der Waals surface area contributed by atoms with Crippen molar-refractivity contribution >= 4 is 34.2 Å². The Kier molecular flexibility index (Phi) is 40.9. The molecule has 0 N–H and O–H groups in total. The van der Waals surface area contributed by atoms with Crippen molar-refractivity contribution in [3.8, 4) is 0 Å². The van der Waals surface area contributed by atoms with Gasteiger partial charge in [-0.1, -0.05) is 315 Å². The summed E-state index contributed by atoms with van der Waals surface area (Å²) in [5.74, 6) is 3.49. The molecule has 8 aromatic rings. The molecule has 0 aliphatic rings. The topological polar surface area (TPSA) is 104 Å². The standard InChI is InChI=1S/2C29H41N2.4C9H13N.2Fe/c2*1-18(2)24-13-11-14-25(19(3)4)28(24)30-22(9)17-23(10)31-29-26(20(5)6)15-12-16-27(29)21(7)8;4*1-9(2,3)8-4-6-10-7-5-8;;/h2*11-21H,1-10H3;4*4-7H,1-3H3;;/q2*-1;;;;;;/b2*22-17-,31-23?;;;;;;. The Balaban J connectivity index is 0.000000677. The maximum atomic E-state index is 5.08. The van der Waals surface area contributed by atoms with Crippen LogP contribution in [0.4, 0.5) is 22.7 Å². The molecule has 104 heavy (non-hydrogen) atoms. The van der Waals surface area contributed by atoms with Gasteiger partial charge in [0, 0.05) is 95.1 Å². The quantitative estimate of drug-likeness (QED) is 0.0710. The Morgan fingerprint density at radius 1 is 0.279 bits per heavy atom. The average molecular weight is 1490 g/mol. The van der Waals surface area contributed by atoms with E-state index in [1.165, 1.54) is 66.8 Å². The molecule has 0 atom stereocenters. The summed E-state index contributed by atoms with van der Waals surface area (Å²) in [6.07, 6.45) is 18.9. The van der Waals surface area contributed by atoms with Crippen molar-refractivity contribution in [2.24, 2.45) is 9.98 Å². The molecule has 0 amide bonds. The van der Waals surface area contributed by atoms with Gasteiger partial charge < -0.3 is 10.6 Å². The molecule has 10 heteroatoms. The largest absolute Gasteiger partial charge is 0.661 e. The van der Waals surface area contributed by atoms with E-state index in [4.69, 9.17) is 20.6 Å². The predicted molar refractivity (Wildman–Crippen MR) is 449 cm³/mol. The molecule has 0 spiro atoms. The van der Waals surface area contributed by atoms with Gasteiger partial charge in [-0.2, -0.15) is 11.4 Å². The Bertz CT molecular complexity index is 3430. The van der Waals surface area contributed by atoms with E-state index in [-0.39, 0.29) is 55.8 Å². The number of hydrogen-bond acceptors (Lipinski definition) is 6. The van der Waals surface area contributed by atoms with Crippen LogP contribution in [0.5, 0.6) is 0 Å². The minimum Gasteiger partial charge on any atom is -0.661 e. The zero-order chi connectivity index (χ0) is 77.0. The molecular weight excluding hydrogens is 1350 g/mol. The predicted octanol–water partition coefficient (Wildman–Crippen LogP) is 29.3. The van der Waals surface area contributed by atoms with Crippen molar-refractivity contribution in [2.75, 3.05) is 0 Å². The van der Waals surface area contributed by atoms with Gasteiger partial charge in [-0.05, 0) is 176 Å². The minimum atomic E-state index is 0. The van der Waals surface area contributed by atoms with Crippen molar-refractivity contribution < 1.29 is 34.1 Å². The van der Waals surface area contributed by atoms with Gasteiger partial charge in [-0.15, -0.1) is 11.4 Å². The number of benzene rings is 4. The minimum absolute atomic E-state index is 0. The number of para-hydroxylation sites is 4. The molecule has 0 aliphatic carbocycles. The van der Waals surface area contributed by atoms with Crippen molar-refractivity contribution in [3.63, 3.8) is 0 Å². The van der Waals surface area contributed by atoms with Crippen LogP contribution in [0.1, 0.15) is 336 Å². The first-order valence-electron chi connectivity index (χ1n) is 37.5. The second-order valence-electron chi connectivity index (χ2n) is 33.6. The molecule has 0 unspecified atom stereocenters. The number of rotatable bonds is 16. The van der Waals surface area contributed by atoms with Crippen LogP contribution >= 0.6 is 0 Å². The summed E-state index contributed by atoms with van der Waals surface area (Å²) in [5.41, 5.74) is 25.3. The number of hydrogen-bond donors (Lipinski definition) is 0. The van der Waals surface area contributed by atoms with Gasteiger partial charge in [0.1, 0.15) is 0 Å². The smallest absolute Gasteiger partial charge is 0.0701 e. The third-order valence-corrected chi connectivity index (χ3v) is 17.5. The normalized spacial score (nSPS) is 12.2. The molecule has 0 saturated heterocycles. The number of nitrogens with zero attached hydrogens (tertiary/aromatic N) is 8. The van der Waals surface area contributed by atoms with E-state index in [2.05, 4.69) is 375 Å².